The monoisotopic (exact) mass is 371 g/mol. The molecule has 0 heterocycles. The molecule has 7 nitrogen and oxygen atoms in total. The average molecular weight is 371 g/mol. The molecule has 2 amide bonds. The fraction of sp³-hybridized carbons (Fsp3) is 0.600. The number of nitrogens with one attached hydrogen (secondary N) is 2. The zero-order valence-corrected chi connectivity index (χ0v) is 15.3. The van der Waals surface area contributed by atoms with Crippen LogP contribution >= 0.6 is 0 Å². The first-order valence-electron chi connectivity index (χ1n) is 9.72. The van der Waals surface area contributed by atoms with Gasteiger partial charge in [0.2, 0.25) is 11.8 Å². The first-order chi connectivity index (χ1) is 12.9. The molecule has 7 heteroatoms. The Hall–Kier alpha value is -2.44. The predicted molar refractivity (Wildman–Crippen MR) is 100.0 cm³/mol. The van der Waals surface area contributed by atoms with E-state index in [1.807, 2.05) is 0 Å². The van der Waals surface area contributed by atoms with Crippen molar-refractivity contribution in [1.82, 2.24) is 5.32 Å². The van der Waals surface area contributed by atoms with Gasteiger partial charge in [-0.05, 0) is 67.8 Å². The highest BCUT2D eigenvalue weighted by Crippen LogP contribution is 2.61. The summed E-state index contributed by atoms with van der Waals surface area (Å²) in [7, 11) is 0. The van der Waals surface area contributed by atoms with Gasteiger partial charge in [-0.1, -0.05) is 6.07 Å². The van der Waals surface area contributed by atoms with Gasteiger partial charge >= 0.3 is 0 Å². The molecule has 4 bridgehead atoms. The molecule has 0 saturated heterocycles. The third-order valence-electron chi connectivity index (χ3n) is 6.49. The fourth-order valence-electron chi connectivity index (χ4n) is 5.99. The number of carbonyl (C=O) groups is 2. The molecule has 0 spiro atoms. The molecule has 0 atom stereocenters. The first-order valence-corrected chi connectivity index (χ1v) is 9.72. The summed E-state index contributed by atoms with van der Waals surface area (Å²) in [4.78, 5) is 34.8. The summed E-state index contributed by atoms with van der Waals surface area (Å²) in [6.45, 7) is -0.117. The van der Waals surface area contributed by atoms with E-state index in [0.29, 0.717) is 12.1 Å². The second-order valence-electron chi connectivity index (χ2n) is 8.73. The van der Waals surface area contributed by atoms with Crippen LogP contribution in [0.15, 0.2) is 24.3 Å². The topological polar surface area (TPSA) is 101 Å². The Morgan fingerprint density at radius 1 is 1.07 bits per heavy atom. The molecular formula is C20H25N3O4. The van der Waals surface area contributed by atoms with Crippen molar-refractivity contribution in [2.45, 2.75) is 44.9 Å². The van der Waals surface area contributed by atoms with Crippen LogP contribution in [0.2, 0.25) is 0 Å². The quantitative estimate of drug-likeness (QED) is 0.592. The number of amides is 2. The number of nitro benzene ring substituents is 1. The van der Waals surface area contributed by atoms with Gasteiger partial charge in [-0.25, -0.2) is 0 Å². The van der Waals surface area contributed by atoms with Gasteiger partial charge in [0, 0.05) is 24.2 Å². The van der Waals surface area contributed by atoms with E-state index in [0.717, 1.165) is 37.0 Å². The predicted octanol–water partition coefficient (Wildman–Crippen LogP) is 3.26. The standard InChI is InChI=1S/C20H25N3O4/c24-18(11-20-8-13-4-14(9-20)6-15(5-13)10-20)21-12-19(25)22-16-2-1-3-17(7-16)23(26)27/h1-3,7,13-15H,4-6,8-12H2,(H,21,24)(H,22,25). The highest BCUT2D eigenvalue weighted by atomic mass is 16.6. The summed E-state index contributed by atoms with van der Waals surface area (Å²) >= 11 is 0. The molecule has 0 unspecified atom stereocenters. The smallest absolute Gasteiger partial charge is 0.271 e. The summed E-state index contributed by atoms with van der Waals surface area (Å²) in [6, 6.07) is 5.76. The van der Waals surface area contributed by atoms with E-state index in [1.165, 1.54) is 37.5 Å². The van der Waals surface area contributed by atoms with Crippen molar-refractivity contribution in [3.63, 3.8) is 0 Å². The van der Waals surface area contributed by atoms with Gasteiger partial charge in [0.1, 0.15) is 0 Å². The SMILES string of the molecule is O=C(CC12CC3CC(CC(C3)C1)C2)NCC(=O)Nc1cccc([N+](=O)[O-])c1. The van der Waals surface area contributed by atoms with E-state index in [-0.39, 0.29) is 29.5 Å². The van der Waals surface area contributed by atoms with Crippen LogP contribution in [0, 0.1) is 33.3 Å². The Bertz CT molecular complexity index is 741. The minimum Gasteiger partial charge on any atom is -0.347 e. The van der Waals surface area contributed by atoms with Crippen molar-refractivity contribution in [1.29, 1.82) is 0 Å². The van der Waals surface area contributed by atoms with Crippen LogP contribution in [0.5, 0.6) is 0 Å². The minimum absolute atomic E-state index is 0.0638. The van der Waals surface area contributed by atoms with Gasteiger partial charge in [0.05, 0.1) is 11.5 Å². The maximum absolute atomic E-state index is 12.4. The Kier molecular flexibility index (Phi) is 4.61. The number of nitrogens with zero attached hydrogens (tertiary/aromatic N) is 1. The molecule has 4 fully saturated rings. The third kappa shape index (κ3) is 3.96. The zero-order chi connectivity index (χ0) is 19.0. The lowest BCUT2D eigenvalue weighted by molar-refractivity contribution is -0.384. The van der Waals surface area contributed by atoms with E-state index in [1.54, 1.807) is 6.07 Å². The molecule has 0 radical (unpaired) electrons. The number of nitro groups is 1. The molecule has 2 N–H and O–H groups in total. The highest BCUT2D eigenvalue weighted by Gasteiger charge is 2.51. The van der Waals surface area contributed by atoms with Crippen LogP contribution in [-0.2, 0) is 9.59 Å². The summed E-state index contributed by atoms with van der Waals surface area (Å²) in [5.74, 6) is 1.93. The summed E-state index contributed by atoms with van der Waals surface area (Å²) < 4.78 is 0. The number of rotatable bonds is 6. The second kappa shape index (κ2) is 6.94. The first kappa shape index (κ1) is 17.9. The molecule has 1 aromatic carbocycles. The average Bonchev–Trinajstić information content (AvgIpc) is 2.58. The van der Waals surface area contributed by atoms with Crippen LogP contribution in [-0.4, -0.2) is 23.3 Å². The molecule has 4 aliphatic carbocycles. The lowest BCUT2D eigenvalue weighted by Gasteiger charge is -2.56. The van der Waals surface area contributed by atoms with Crippen molar-refractivity contribution in [2.75, 3.05) is 11.9 Å². The van der Waals surface area contributed by atoms with Crippen LogP contribution < -0.4 is 10.6 Å². The number of carbonyl (C=O) groups excluding carboxylic acids is 2. The van der Waals surface area contributed by atoms with Gasteiger partial charge in [0.15, 0.2) is 0 Å². The van der Waals surface area contributed by atoms with Crippen molar-refractivity contribution in [3.8, 4) is 0 Å². The van der Waals surface area contributed by atoms with E-state index < -0.39 is 4.92 Å². The number of anilines is 1. The number of hydrogen-bond acceptors (Lipinski definition) is 4. The van der Waals surface area contributed by atoms with E-state index in [9.17, 15) is 19.7 Å². The molecule has 0 aliphatic heterocycles. The number of hydrogen-bond donors (Lipinski definition) is 2. The number of non-ortho nitro benzene ring substituents is 1. The maximum atomic E-state index is 12.4. The molecule has 4 saturated carbocycles. The number of benzene rings is 1. The Balaban J connectivity index is 1.27. The van der Waals surface area contributed by atoms with Gasteiger partial charge in [-0.2, -0.15) is 0 Å². The van der Waals surface area contributed by atoms with Crippen LogP contribution in [0.25, 0.3) is 0 Å². The molecule has 27 heavy (non-hydrogen) atoms. The highest BCUT2D eigenvalue weighted by molar-refractivity contribution is 5.94. The lowest BCUT2D eigenvalue weighted by Crippen LogP contribution is -2.48. The van der Waals surface area contributed by atoms with Crippen molar-refractivity contribution < 1.29 is 14.5 Å². The fourth-order valence-corrected chi connectivity index (χ4v) is 5.99. The molecule has 0 aromatic heterocycles. The molecular weight excluding hydrogens is 346 g/mol. The van der Waals surface area contributed by atoms with Crippen LogP contribution in [0.4, 0.5) is 11.4 Å². The van der Waals surface area contributed by atoms with Crippen LogP contribution in [0.1, 0.15) is 44.9 Å². The van der Waals surface area contributed by atoms with Gasteiger partial charge < -0.3 is 10.6 Å². The van der Waals surface area contributed by atoms with Gasteiger partial charge in [-0.15, -0.1) is 0 Å². The summed E-state index contributed by atoms with van der Waals surface area (Å²) in [5.41, 5.74) is 0.415. The van der Waals surface area contributed by atoms with E-state index in [4.69, 9.17) is 0 Å². The third-order valence-corrected chi connectivity index (χ3v) is 6.49. The summed E-state index contributed by atoms with van der Waals surface area (Å²) in [6.07, 6.45) is 8.01. The Labute approximate surface area is 158 Å². The zero-order valence-electron chi connectivity index (χ0n) is 15.3. The van der Waals surface area contributed by atoms with E-state index >= 15 is 0 Å². The molecule has 4 aliphatic rings. The lowest BCUT2D eigenvalue weighted by atomic mass is 9.49. The minimum atomic E-state index is -0.511. The largest absolute Gasteiger partial charge is 0.347 e. The van der Waals surface area contributed by atoms with Crippen molar-refractivity contribution >= 4 is 23.2 Å². The van der Waals surface area contributed by atoms with Gasteiger partial charge in [0.25, 0.3) is 5.69 Å². The van der Waals surface area contributed by atoms with Gasteiger partial charge in [-0.3, -0.25) is 19.7 Å². The Morgan fingerprint density at radius 3 is 2.30 bits per heavy atom. The van der Waals surface area contributed by atoms with Crippen molar-refractivity contribution in [3.05, 3.63) is 34.4 Å². The Morgan fingerprint density at radius 2 is 1.70 bits per heavy atom. The normalized spacial score (nSPS) is 30.7. The second-order valence-corrected chi connectivity index (χ2v) is 8.73. The maximum Gasteiger partial charge on any atom is 0.271 e. The molecule has 1 aromatic rings. The van der Waals surface area contributed by atoms with Crippen LogP contribution in [0.3, 0.4) is 0 Å². The van der Waals surface area contributed by atoms with E-state index in [2.05, 4.69) is 10.6 Å². The van der Waals surface area contributed by atoms with Crippen molar-refractivity contribution in [2.24, 2.45) is 23.2 Å². The molecule has 144 valence electrons. The molecule has 5 rings (SSSR count). The summed E-state index contributed by atoms with van der Waals surface area (Å²) in [5, 5.41) is 16.1.